The van der Waals surface area contributed by atoms with E-state index in [1.54, 1.807) is 28.4 Å². The Morgan fingerprint density at radius 2 is 2.17 bits per heavy atom. The van der Waals surface area contributed by atoms with Gasteiger partial charge in [0.15, 0.2) is 16.8 Å². The molecular formula is C19H19N7OS2. The monoisotopic (exact) mass is 425 g/mol. The maximum absolute atomic E-state index is 12.3. The Labute approximate surface area is 176 Å². The number of carbonyl (C=O) groups excluding carboxylic acids is 1. The Kier molecular flexibility index (Phi) is 6.01. The molecule has 0 aliphatic rings. The van der Waals surface area contributed by atoms with E-state index < -0.39 is 0 Å². The minimum absolute atomic E-state index is 0.0595. The first-order valence-corrected chi connectivity index (χ1v) is 10.9. The Balaban J connectivity index is 1.34. The van der Waals surface area contributed by atoms with Crippen LogP contribution in [0, 0.1) is 0 Å². The summed E-state index contributed by atoms with van der Waals surface area (Å²) in [5, 5.41) is 18.4. The average molecular weight is 426 g/mol. The van der Waals surface area contributed by atoms with Gasteiger partial charge in [0.1, 0.15) is 0 Å². The van der Waals surface area contributed by atoms with E-state index in [1.807, 2.05) is 53.4 Å². The smallest absolute Gasteiger partial charge is 0.230 e. The Bertz CT molecular complexity index is 1070. The summed E-state index contributed by atoms with van der Waals surface area (Å²) in [5.41, 5.74) is 0.959. The lowest BCUT2D eigenvalue weighted by Crippen LogP contribution is -2.24. The molecule has 0 fully saturated rings. The first kappa shape index (κ1) is 19.3. The molecule has 0 aliphatic carbocycles. The molecular weight excluding hydrogens is 406 g/mol. The molecule has 1 N–H and O–H groups in total. The molecule has 0 bridgehead atoms. The van der Waals surface area contributed by atoms with Crippen LogP contribution >= 0.6 is 23.1 Å². The molecule has 0 atom stereocenters. The summed E-state index contributed by atoms with van der Waals surface area (Å²) >= 11 is 3.02. The fraction of sp³-hybridized carbons (Fsp3) is 0.211. The Hall–Kier alpha value is -2.98. The first-order chi connectivity index (χ1) is 14.2. The lowest BCUT2D eigenvalue weighted by molar-refractivity contribution is -0.118. The van der Waals surface area contributed by atoms with E-state index in [1.165, 1.54) is 11.8 Å². The molecule has 4 aromatic rings. The highest BCUT2D eigenvalue weighted by atomic mass is 32.2. The van der Waals surface area contributed by atoms with Gasteiger partial charge in [0, 0.05) is 31.7 Å². The second kappa shape index (κ2) is 9.01. The van der Waals surface area contributed by atoms with Gasteiger partial charge in [-0.3, -0.25) is 4.79 Å². The van der Waals surface area contributed by atoms with Crippen molar-refractivity contribution in [3.05, 3.63) is 59.9 Å². The maximum Gasteiger partial charge on any atom is 0.230 e. The number of hydrogen-bond donors (Lipinski definition) is 1. The molecule has 1 amide bonds. The van der Waals surface area contributed by atoms with Crippen LogP contribution in [-0.2, 0) is 17.9 Å². The van der Waals surface area contributed by atoms with E-state index in [0.29, 0.717) is 12.4 Å². The number of rotatable bonds is 8. The van der Waals surface area contributed by atoms with Crippen molar-refractivity contribution in [1.82, 2.24) is 34.8 Å². The molecule has 10 heteroatoms. The zero-order chi connectivity index (χ0) is 20.1. The van der Waals surface area contributed by atoms with Crippen molar-refractivity contribution < 1.29 is 4.79 Å². The summed E-state index contributed by atoms with van der Waals surface area (Å²) in [4.78, 5) is 17.7. The van der Waals surface area contributed by atoms with Crippen LogP contribution in [0.4, 0.5) is 0 Å². The first-order valence-electron chi connectivity index (χ1n) is 9.06. The molecule has 0 spiro atoms. The van der Waals surface area contributed by atoms with Crippen molar-refractivity contribution >= 4 is 29.0 Å². The van der Waals surface area contributed by atoms with Gasteiger partial charge >= 0.3 is 0 Å². The van der Waals surface area contributed by atoms with Gasteiger partial charge in [0.2, 0.25) is 5.91 Å². The van der Waals surface area contributed by atoms with Crippen LogP contribution in [0.5, 0.6) is 0 Å². The summed E-state index contributed by atoms with van der Waals surface area (Å²) in [6.07, 6.45) is 5.24. The van der Waals surface area contributed by atoms with E-state index in [-0.39, 0.29) is 11.7 Å². The fourth-order valence-corrected chi connectivity index (χ4v) is 4.30. The predicted octanol–water partition coefficient (Wildman–Crippen LogP) is 3.02. The fourth-order valence-electron chi connectivity index (χ4n) is 2.75. The number of nitrogens with one attached hydrogen (secondary N) is 1. The van der Waals surface area contributed by atoms with Gasteiger partial charge in [-0.15, -0.1) is 21.5 Å². The van der Waals surface area contributed by atoms with Gasteiger partial charge in [-0.25, -0.2) is 9.67 Å². The summed E-state index contributed by atoms with van der Waals surface area (Å²) in [6.45, 7) is 3.22. The molecule has 0 unspecified atom stereocenters. The summed E-state index contributed by atoms with van der Waals surface area (Å²) in [7, 11) is 0. The Morgan fingerprint density at radius 1 is 1.24 bits per heavy atom. The molecule has 0 saturated heterocycles. The van der Waals surface area contributed by atoms with Gasteiger partial charge in [0.25, 0.3) is 0 Å². The SMILES string of the molecule is CCn1c(SCC(=O)NCc2ccnc(-n3cccn3)c2)nnc1-c1cccs1. The van der Waals surface area contributed by atoms with Crippen LogP contribution in [0.25, 0.3) is 16.5 Å². The second-order valence-electron chi connectivity index (χ2n) is 6.07. The van der Waals surface area contributed by atoms with Gasteiger partial charge in [-0.05, 0) is 42.1 Å². The van der Waals surface area contributed by atoms with E-state index >= 15 is 0 Å². The van der Waals surface area contributed by atoms with Gasteiger partial charge in [0.05, 0.1) is 10.6 Å². The molecule has 8 nitrogen and oxygen atoms in total. The van der Waals surface area contributed by atoms with Crippen molar-refractivity contribution in [2.24, 2.45) is 0 Å². The minimum Gasteiger partial charge on any atom is -0.351 e. The number of aromatic nitrogens is 6. The third-order valence-corrected chi connectivity index (χ3v) is 5.98. The number of pyridine rings is 1. The molecule has 0 aromatic carbocycles. The van der Waals surface area contributed by atoms with Crippen molar-refractivity contribution in [3.8, 4) is 16.5 Å². The van der Waals surface area contributed by atoms with Gasteiger partial charge in [-0.2, -0.15) is 5.10 Å². The summed E-state index contributed by atoms with van der Waals surface area (Å²) in [5.74, 6) is 1.78. The highest BCUT2D eigenvalue weighted by molar-refractivity contribution is 7.99. The highest BCUT2D eigenvalue weighted by Crippen LogP contribution is 2.27. The van der Waals surface area contributed by atoms with Crippen LogP contribution < -0.4 is 5.32 Å². The van der Waals surface area contributed by atoms with Gasteiger partial charge in [-0.1, -0.05) is 17.8 Å². The highest BCUT2D eigenvalue weighted by Gasteiger charge is 2.15. The van der Waals surface area contributed by atoms with Crippen molar-refractivity contribution in [1.29, 1.82) is 0 Å². The van der Waals surface area contributed by atoms with Crippen LogP contribution in [0.15, 0.2) is 59.5 Å². The molecule has 0 radical (unpaired) electrons. The van der Waals surface area contributed by atoms with Crippen molar-refractivity contribution in [3.63, 3.8) is 0 Å². The lowest BCUT2D eigenvalue weighted by Gasteiger charge is -2.08. The molecule has 4 aromatic heterocycles. The van der Waals surface area contributed by atoms with E-state index in [4.69, 9.17) is 0 Å². The number of nitrogens with zero attached hydrogens (tertiary/aromatic N) is 6. The maximum atomic E-state index is 12.3. The minimum atomic E-state index is -0.0595. The molecule has 4 rings (SSSR count). The van der Waals surface area contributed by atoms with Crippen LogP contribution in [-0.4, -0.2) is 41.2 Å². The third-order valence-electron chi connectivity index (χ3n) is 4.15. The zero-order valence-electron chi connectivity index (χ0n) is 15.7. The molecule has 29 heavy (non-hydrogen) atoms. The zero-order valence-corrected chi connectivity index (χ0v) is 17.4. The normalized spacial score (nSPS) is 10.9. The number of amides is 1. The van der Waals surface area contributed by atoms with E-state index in [9.17, 15) is 4.79 Å². The second-order valence-corrected chi connectivity index (χ2v) is 7.96. The van der Waals surface area contributed by atoms with Crippen molar-refractivity contribution in [2.75, 3.05) is 5.75 Å². The van der Waals surface area contributed by atoms with Crippen molar-refractivity contribution in [2.45, 2.75) is 25.2 Å². The average Bonchev–Trinajstić information content (AvgIpc) is 3.51. The summed E-state index contributed by atoms with van der Waals surface area (Å²) in [6, 6.07) is 9.63. The number of thiophene rings is 1. The molecule has 4 heterocycles. The number of hydrogen-bond acceptors (Lipinski definition) is 7. The Morgan fingerprint density at radius 3 is 2.93 bits per heavy atom. The third kappa shape index (κ3) is 4.54. The predicted molar refractivity (Wildman–Crippen MR) is 113 cm³/mol. The van der Waals surface area contributed by atoms with E-state index in [2.05, 4.69) is 25.6 Å². The quantitative estimate of drug-likeness (QED) is 0.437. The molecule has 0 saturated carbocycles. The lowest BCUT2D eigenvalue weighted by atomic mass is 10.2. The van der Waals surface area contributed by atoms with E-state index in [0.717, 1.165) is 28.0 Å². The van der Waals surface area contributed by atoms with Crippen LogP contribution in [0.3, 0.4) is 0 Å². The topological polar surface area (TPSA) is 90.5 Å². The number of thioether (sulfide) groups is 1. The molecule has 0 aliphatic heterocycles. The van der Waals surface area contributed by atoms with Gasteiger partial charge < -0.3 is 9.88 Å². The summed E-state index contributed by atoms with van der Waals surface area (Å²) < 4.78 is 3.72. The largest absolute Gasteiger partial charge is 0.351 e. The molecule has 148 valence electrons. The van der Waals surface area contributed by atoms with Crippen LogP contribution in [0.2, 0.25) is 0 Å². The van der Waals surface area contributed by atoms with Crippen LogP contribution in [0.1, 0.15) is 12.5 Å². The number of carbonyl (C=O) groups is 1. The standard InChI is InChI=1S/C19H19N7OS2/c1-2-25-18(15-5-3-10-28-15)23-24-19(25)29-13-17(27)21-12-14-6-8-20-16(11-14)26-9-4-7-22-26/h3-11H,2,12-13H2,1H3,(H,21,27).